The number of benzene rings is 2. The minimum Gasteiger partial charge on any atom is -0.493 e. The maximum Gasteiger partial charge on any atom is 0.255 e. The molecule has 0 spiro atoms. The Hall–Kier alpha value is -1.81. The molecule has 0 aliphatic rings. The van der Waals surface area contributed by atoms with Crippen molar-refractivity contribution in [3.8, 4) is 5.75 Å². The molecule has 0 atom stereocenters. The first-order valence-corrected chi connectivity index (χ1v) is 8.24. The summed E-state index contributed by atoms with van der Waals surface area (Å²) >= 11 is 3.40. The van der Waals surface area contributed by atoms with E-state index in [0.717, 1.165) is 17.3 Å². The van der Waals surface area contributed by atoms with Crippen molar-refractivity contribution in [1.29, 1.82) is 0 Å². The van der Waals surface area contributed by atoms with Gasteiger partial charge in [0.05, 0.1) is 12.2 Å². The highest BCUT2D eigenvalue weighted by Gasteiger charge is 2.12. The van der Waals surface area contributed by atoms with Gasteiger partial charge in [0, 0.05) is 11.0 Å². The van der Waals surface area contributed by atoms with E-state index in [1.807, 2.05) is 37.3 Å². The second kappa shape index (κ2) is 8.59. The lowest BCUT2D eigenvalue weighted by atomic mass is 10.1. The molecular formula is C18H20BrNO2. The summed E-state index contributed by atoms with van der Waals surface area (Å²) in [4.78, 5) is 12.4. The van der Waals surface area contributed by atoms with Crippen molar-refractivity contribution in [2.45, 2.75) is 19.8 Å². The Morgan fingerprint density at radius 2 is 1.95 bits per heavy atom. The Balaban J connectivity index is 1.97. The van der Waals surface area contributed by atoms with Gasteiger partial charge in [-0.1, -0.05) is 53.2 Å². The number of ether oxygens (including phenoxy) is 1. The molecule has 3 nitrogen and oxygen atoms in total. The van der Waals surface area contributed by atoms with E-state index in [4.69, 9.17) is 4.74 Å². The van der Waals surface area contributed by atoms with Crippen LogP contribution in [0.1, 0.15) is 29.3 Å². The maximum absolute atomic E-state index is 12.4. The average Bonchev–Trinajstić information content (AvgIpc) is 2.54. The number of rotatable bonds is 7. The summed E-state index contributed by atoms with van der Waals surface area (Å²) in [6.45, 7) is 3.24. The van der Waals surface area contributed by atoms with Crippen LogP contribution in [-0.4, -0.2) is 19.1 Å². The summed E-state index contributed by atoms with van der Waals surface area (Å²) in [5, 5.41) is 2.95. The zero-order chi connectivity index (χ0) is 15.8. The molecule has 0 saturated carbocycles. The van der Waals surface area contributed by atoms with E-state index in [-0.39, 0.29) is 5.91 Å². The van der Waals surface area contributed by atoms with Crippen molar-refractivity contribution in [3.63, 3.8) is 0 Å². The molecule has 2 aromatic rings. The molecule has 4 heteroatoms. The first kappa shape index (κ1) is 16.6. The standard InChI is InChI=1S/C18H20BrNO2/c1-2-12-22-17-9-8-15(19)13-16(17)18(21)20-11-10-14-6-4-3-5-7-14/h3-9,13H,2,10-12H2,1H3,(H,20,21). The fourth-order valence-corrected chi connectivity index (χ4v) is 2.44. The molecule has 116 valence electrons. The lowest BCUT2D eigenvalue weighted by Gasteiger charge is -2.12. The van der Waals surface area contributed by atoms with Gasteiger partial charge in [0.2, 0.25) is 0 Å². The molecule has 0 heterocycles. The number of amides is 1. The van der Waals surface area contributed by atoms with Crippen LogP contribution in [0.25, 0.3) is 0 Å². The molecule has 1 amide bonds. The van der Waals surface area contributed by atoms with Crippen LogP contribution in [0.2, 0.25) is 0 Å². The predicted octanol–water partition coefficient (Wildman–Crippen LogP) is 4.21. The zero-order valence-corrected chi connectivity index (χ0v) is 14.2. The molecule has 0 fully saturated rings. The van der Waals surface area contributed by atoms with Crippen LogP contribution in [-0.2, 0) is 6.42 Å². The molecule has 0 saturated heterocycles. The SMILES string of the molecule is CCCOc1ccc(Br)cc1C(=O)NCCc1ccccc1. The fourth-order valence-electron chi connectivity index (χ4n) is 2.08. The van der Waals surface area contributed by atoms with Crippen molar-refractivity contribution in [3.05, 3.63) is 64.1 Å². The van der Waals surface area contributed by atoms with Crippen molar-refractivity contribution in [1.82, 2.24) is 5.32 Å². The van der Waals surface area contributed by atoms with E-state index in [0.29, 0.717) is 24.5 Å². The van der Waals surface area contributed by atoms with Crippen molar-refractivity contribution >= 4 is 21.8 Å². The smallest absolute Gasteiger partial charge is 0.255 e. The second-order valence-electron chi connectivity index (χ2n) is 4.98. The second-order valence-corrected chi connectivity index (χ2v) is 5.90. The largest absolute Gasteiger partial charge is 0.493 e. The Morgan fingerprint density at radius 3 is 2.68 bits per heavy atom. The number of halogens is 1. The molecule has 0 aliphatic carbocycles. The quantitative estimate of drug-likeness (QED) is 0.801. The van der Waals surface area contributed by atoms with Gasteiger partial charge in [0.15, 0.2) is 0 Å². The van der Waals surface area contributed by atoms with E-state index in [1.54, 1.807) is 6.07 Å². The van der Waals surface area contributed by atoms with Crippen LogP contribution in [0.5, 0.6) is 5.75 Å². The van der Waals surface area contributed by atoms with Crippen LogP contribution in [0, 0.1) is 0 Å². The number of hydrogen-bond acceptors (Lipinski definition) is 2. The molecule has 2 aromatic carbocycles. The van der Waals surface area contributed by atoms with Crippen LogP contribution >= 0.6 is 15.9 Å². The van der Waals surface area contributed by atoms with Gasteiger partial charge < -0.3 is 10.1 Å². The molecule has 0 radical (unpaired) electrons. The number of nitrogens with one attached hydrogen (secondary N) is 1. The van der Waals surface area contributed by atoms with Gasteiger partial charge in [-0.05, 0) is 36.6 Å². The molecular weight excluding hydrogens is 342 g/mol. The Kier molecular flexibility index (Phi) is 6.46. The first-order valence-electron chi connectivity index (χ1n) is 7.45. The third kappa shape index (κ3) is 4.88. The highest BCUT2D eigenvalue weighted by Crippen LogP contribution is 2.23. The van der Waals surface area contributed by atoms with Crippen molar-refractivity contribution in [2.75, 3.05) is 13.2 Å². The third-order valence-corrected chi connectivity index (χ3v) is 3.68. The Bertz CT molecular complexity index is 614. The summed E-state index contributed by atoms with van der Waals surface area (Å²) < 4.78 is 6.51. The van der Waals surface area contributed by atoms with Gasteiger partial charge in [-0.15, -0.1) is 0 Å². The van der Waals surface area contributed by atoms with Crippen LogP contribution < -0.4 is 10.1 Å². The predicted molar refractivity (Wildman–Crippen MR) is 92.4 cm³/mol. The summed E-state index contributed by atoms with van der Waals surface area (Å²) in [5.74, 6) is 0.519. The summed E-state index contributed by atoms with van der Waals surface area (Å²) in [5.41, 5.74) is 1.77. The minimum atomic E-state index is -0.108. The topological polar surface area (TPSA) is 38.3 Å². The van der Waals surface area contributed by atoms with Crippen LogP contribution in [0.4, 0.5) is 0 Å². The van der Waals surface area contributed by atoms with E-state index in [2.05, 4.69) is 33.4 Å². The van der Waals surface area contributed by atoms with E-state index in [1.165, 1.54) is 5.56 Å². The normalized spacial score (nSPS) is 10.3. The lowest BCUT2D eigenvalue weighted by molar-refractivity contribution is 0.0950. The summed E-state index contributed by atoms with van der Waals surface area (Å²) in [7, 11) is 0. The Morgan fingerprint density at radius 1 is 1.18 bits per heavy atom. The van der Waals surface area contributed by atoms with Gasteiger partial charge in [-0.25, -0.2) is 0 Å². The maximum atomic E-state index is 12.4. The highest BCUT2D eigenvalue weighted by molar-refractivity contribution is 9.10. The monoisotopic (exact) mass is 361 g/mol. The van der Waals surface area contributed by atoms with E-state index < -0.39 is 0 Å². The molecule has 0 aromatic heterocycles. The molecule has 0 aliphatic heterocycles. The van der Waals surface area contributed by atoms with Gasteiger partial charge in [-0.2, -0.15) is 0 Å². The minimum absolute atomic E-state index is 0.108. The van der Waals surface area contributed by atoms with Gasteiger partial charge in [-0.3, -0.25) is 4.79 Å². The molecule has 0 bridgehead atoms. The van der Waals surface area contributed by atoms with Gasteiger partial charge in [0.1, 0.15) is 5.75 Å². The van der Waals surface area contributed by atoms with Crippen molar-refractivity contribution in [2.24, 2.45) is 0 Å². The third-order valence-electron chi connectivity index (χ3n) is 3.19. The number of carbonyl (C=O) groups excluding carboxylic acids is 1. The van der Waals surface area contributed by atoms with Gasteiger partial charge >= 0.3 is 0 Å². The van der Waals surface area contributed by atoms with Crippen LogP contribution in [0.3, 0.4) is 0 Å². The molecule has 2 rings (SSSR count). The number of carbonyl (C=O) groups is 1. The fraction of sp³-hybridized carbons (Fsp3) is 0.278. The number of hydrogen-bond donors (Lipinski definition) is 1. The molecule has 22 heavy (non-hydrogen) atoms. The first-order chi connectivity index (χ1) is 10.7. The van der Waals surface area contributed by atoms with E-state index >= 15 is 0 Å². The molecule has 0 unspecified atom stereocenters. The Labute approximate surface area is 139 Å². The summed E-state index contributed by atoms with van der Waals surface area (Å²) in [6.07, 6.45) is 1.72. The molecule has 1 N–H and O–H groups in total. The lowest BCUT2D eigenvalue weighted by Crippen LogP contribution is -2.26. The van der Waals surface area contributed by atoms with Gasteiger partial charge in [0.25, 0.3) is 5.91 Å². The van der Waals surface area contributed by atoms with E-state index in [9.17, 15) is 4.79 Å². The summed E-state index contributed by atoms with van der Waals surface area (Å²) in [6, 6.07) is 15.6. The van der Waals surface area contributed by atoms with Crippen molar-refractivity contribution < 1.29 is 9.53 Å². The van der Waals surface area contributed by atoms with Crippen LogP contribution in [0.15, 0.2) is 53.0 Å². The average molecular weight is 362 g/mol. The zero-order valence-electron chi connectivity index (χ0n) is 12.6. The highest BCUT2D eigenvalue weighted by atomic mass is 79.9.